The smallest absolute Gasteiger partial charge is 0.275 e. The summed E-state index contributed by atoms with van der Waals surface area (Å²) in [4.78, 5) is 12.6. The zero-order valence-electron chi connectivity index (χ0n) is 14.9. The van der Waals surface area contributed by atoms with Gasteiger partial charge in [-0.05, 0) is 42.3 Å². The van der Waals surface area contributed by atoms with E-state index < -0.39 is 0 Å². The Morgan fingerprint density at radius 1 is 0.963 bits per heavy atom. The number of halogens is 1. The van der Waals surface area contributed by atoms with E-state index in [1.54, 1.807) is 18.2 Å². The first-order chi connectivity index (χ1) is 13.1. The van der Waals surface area contributed by atoms with Gasteiger partial charge in [-0.3, -0.25) is 4.79 Å². The van der Waals surface area contributed by atoms with Crippen LogP contribution in [0, 0.1) is 0 Å². The van der Waals surface area contributed by atoms with E-state index in [2.05, 4.69) is 26.5 Å². The van der Waals surface area contributed by atoms with Crippen molar-refractivity contribution in [2.75, 3.05) is 0 Å². The highest BCUT2D eigenvalue weighted by molar-refractivity contribution is 9.10. The molecular formula is C22H19BrN2O2. The highest BCUT2D eigenvalue weighted by Crippen LogP contribution is 2.19. The van der Waals surface area contributed by atoms with Gasteiger partial charge in [0.1, 0.15) is 12.4 Å². The highest BCUT2D eigenvalue weighted by Gasteiger charge is 2.12. The summed E-state index contributed by atoms with van der Waals surface area (Å²) in [5.74, 6) is 0.213. The Bertz CT molecular complexity index is 938. The second-order valence-electron chi connectivity index (χ2n) is 5.92. The third kappa shape index (κ3) is 5.28. The molecule has 3 rings (SSSR count). The summed E-state index contributed by atoms with van der Waals surface area (Å²) < 4.78 is 6.83. The van der Waals surface area contributed by atoms with Crippen LogP contribution < -0.4 is 10.2 Å². The van der Waals surface area contributed by atoms with Crippen LogP contribution in [0.3, 0.4) is 0 Å². The number of hydrogen-bond donors (Lipinski definition) is 1. The van der Waals surface area contributed by atoms with Crippen LogP contribution in [-0.4, -0.2) is 11.6 Å². The molecule has 0 saturated heterocycles. The minimum atomic E-state index is -0.310. The third-order valence-corrected chi connectivity index (χ3v) is 4.48. The van der Waals surface area contributed by atoms with Crippen LogP contribution >= 0.6 is 15.9 Å². The van der Waals surface area contributed by atoms with Crippen LogP contribution in [0.5, 0.6) is 5.75 Å². The molecule has 1 amide bonds. The van der Waals surface area contributed by atoms with Gasteiger partial charge in [-0.1, -0.05) is 70.5 Å². The topological polar surface area (TPSA) is 50.7 Å². The minimum absolute atomic E-state index is 0.310. The quantitative estimate of drug-likeness (QED) is 0.439. The third-order valence-electron chi connectivity index (χ3n) is 3.96. The molecule has 0 spiro atoms. The fourth-order valence-corrected chi connectivity index (χ4v) is 2.73. The number of rotatable bonds is 6. The van der Waals surface area contributed by atoms with E-state index in [0.29, 0.717) is 17.9 Å². The largest absolute Gasteiger partial charge is 0.488 e. The van der Waals surface area contributed by atoms with Gasteiger partial charge in [-0.15, -0.1) is 0 Å². The fourth-order valence-electron chi connectivity index (χ4n) is 2.47. The lowest BCUT2D eigenvalue weighted by Gasteiger charge is -2.11. The molecule has 0 unspecified atom stereocenters. The molecule has 5 heteroatoms. The van der Waals surface area contributed by atoms with Crippen LogP contribution in [0.4, 0.5) is 0 Å². The molecule has 0 atom stereocenters. The van der Waals surface area contributed by atoms with Crippen molar-refractivity contribution in [3.63, 3.8) is 0 Å². The zero-order chi connectivity index (χ0) is 19.1. The molecular weight excluding hydrogens is 404 g/mol. The Morgan fingerprint density at radius 2 is 1.63 bits per heavy atom. The van der Waals surface area contributed by atoms with Gasteiger partial charge >= 0.3 is 0 Å². The first kappa shape index (κ1) is 18.9. The maximum absolute atomic E-state index is 12.6. The van der Waals surface area contributed by atoms with E-state index in [-0.39, 0.29) is 5.91 Å². The second-order valence-corrected chi connectivity index (χ2v) is 6.83. The first-order valence-corrected chi connectivity index (χ1v) is 9.29. The number of benzene rings is 3. The highest BCUT2D eigenvalue weighted by atomic mass is 79.9. The van der Waals surface area contributed by atoms with Crippen molar-refractivity contribution in [3.05, 3.63) is 100 Å². The van der Waals surface area contributed by atoms with Gasteiger partial charge in [0.2, 0.25) is 0 Å². The zero-order valence-corrected chi connectivity index (χ0v) is 16.4. The number of hydrazone groups is 1. The van der Waals surface area contributed by atoms with Crippen LogP contribution in [-0.2, 0) is 6.61 Å². The van der Waals surface area contributed by atoms with Gasteiger partial charge in [0, 0.05) is 4.47 Å². The van der Waals surface area contributed by atoms with Crippen LogP contribution in [0.2, 0.25) is 0 Å². The van der Waals surface area contributed by atoms with Crippen molar-refractivity contribution in [1.29, 1.82) is 0 Å². The SMILES string of the molecule is C/C(=N\NC(=O)c1ccccc1OCc1ccccc1)c1ccc(Br)cc1. The molecule has 3 aromatic carbocycles. The summed E-state index contributed by atoms with van der Waals surface area (Å²) in [5.41, 5.74) is 5.75. The van der Waals surface area contributed by atoms with E-state index in [1.807, 2.05) is 67.6 Å². The maximum atomic E-state index is 12.6. The molecule has 0 heterocycles. The predicted octanol–water partition coefficient (Wildman–Crippen LogP) is 5.18. The van der Waals surface area contributed by atoms with Crippen molar-refractivity contribution < 1.29 is 9.53 Å². The lowest BCUT2D eigenvalue weighted by molar-refractivity contribution is 0.0950. The number of hydrogen-bond acceptors (Lipinski definition) is 3. The average Bonchev–Trinajstić information content (AvgIpc) is 2.71. The van der Waals surface area contributed by atoms with Gasteiger partial charge in [0.15, 0.2) is 0 Å². The Balaban J connectivity index is 1.69. The van der Waals surface area contributed by atoms with Crippen LogP contribution in [0.25, 0.3) is 0 Å². The molecule has 3 aromatic rings. The predicted molar refractivity (Wildman–Crippen MR) is 111 cm³/mol. The Morgan fingerprint density at radius 3 is 2.37 bits per heavy atom. The number of para-hydroxylation sites is 1. The molecule has 0 fully saturated rings. The molecule has 1 N–H and O–H groups in total. The number of ether oxygens (including phenoxy) is 1. The summed E-state index contributed by atoms with van der Waals surface area (Å²) in [7, 11) is 0. The molecule has 27 heavy (non-hydrogen) atoms. The van der Waals surface area contributed by atoms with Gasteiger partial charge in [-0.25, -0.2) is 5.43 Å². The van der Waals surface area contributed by atoms with E-state index in [1.165, 1.54) is 0 Å². The second kappa shape index (κ2) is 9.14. The summed E-state index contributed by atoms with van der Waals surface area (Å²) in [6, 6.07) is 24.7. The number of carbonyl (C=O) groups is 1. The van der Waals surface area contributed by atoms with E-state index in [9.17, 15) is 4.79 Å². The number of carbonyl (C=O) groups excluding carboxylic acids is 1. The summed E-state index contributed by atoms with van der Waals surface area (Å²) in [5, 5.41) is 4.21. The molecule has 0 radical (unpaired) electrons. The van der Waals surface area contributed by atoms with Gasteiger partial charge < -0.3 is 4.74 Å². The van der Waals surface area contributed by atoms with Crippen molar-refractivity contribution in [2.24, 2.45) is 5.10 Å². The van der Waals surface area contributed by atoms with Gasteiger partial charge in [-0.2, -0.15) is 5.10 Å². The van der Waals surface area contributed by atoms with Crippen molar-refractivity contribution in [2.45, 2.75) is 13.5 Å². The van der Waals surface area contributed by atoms with Crippen LogP contribution in [0.15, 0.2) is 88.4 Å². The lowest BCUT2D eigenvalue weighted by Crippen LogP contribution is -2.20. The molecule has 4 nitrogen and oxygen atoms in total. The van der Waals surface area contributed by atoms with Crippen molar-refractivity contribution in [3.8, 4) is 5.75 Å². The Labute approximate surface area is 167 Å². The standard InChI is InChI=1S/C22H19BrN2O2/c1-16(18-11-13-19(23)14-12-18)24-25-22(26)20-9-5-6-10-21(20)27-15-17-7-3-2-4-8-17/h2-14H,15H2,1H3,(H,25,26)/b24-16+. The van der Waals surface area contributed by atoms with Crippen molar-refractivity contribution in [1.82, 2.24) is 5.43 Å². The van der Waals surface area contributed by atoms with Gasteiger partial charge in [0.25, 0.3) is 5.91 Å². The van der Waals surface area contributed by atoms with Gasteiger partial charge in [0.05, 0.1) is 11.3 Å². The molecule has 136 valence electrons. The summed E-state index contributed by atoms with van der Waals surface area (Å²) >= 11 is 3.40. The molecule has 0 aromatic heterocycles. The average molecular weight is 423 g/mol. The van der Waals surface area contributed by atoms with E-state index >= 15 is 0 Å². The maximum Gasteiger partial charge on any atom is 0.275 e. The van der Waals surface area contributed by atoms with Crippen molar-refractivity contribution >= 4 is 27.5 Å². The minimum Gasteiger partial charge on any atom is -0.488 e. The molecule has 0 aliphatic rings. The van der Waals surface area contributed by atoms with E-state index in [4.69, 9.17) is 4.74 Å². The Kier molecular flexibility index (Phi) is 6.39. The molecule has 0 aliphatic carbocycles. The molecule has 0 aliphatic heterocycles. The first-order valence-electron chi connectivity index (χ1n) is 8.50. The number of nitrogens with zero attached hydrogens (tertiary/aromatic N) is 1. The molecule has 0 bridgehead atoms. The normalized spacial score (nSPS) is 11.1. The van der Waals surface area contributed by atoms with Crippen LogP contribution in [0.1, 0.15) is 28.4 Å². The monoisotopic (exact) mass is 422 g/mol. The Hall–Kier alpha value is -2.92. The number of amides is 1. The molecule has 0 saturated carbocycles. The summed E-state index contributed by atoms with van der Waals surface area (Å²) in [6.45, 7) is 2.24. The fraction of sp³-hybridized carbons (Fsp3) is 0.0909. The summed E-state index contributed by atoms with van der Waals surface area (Å²) in [6.07, 6.45) is 0. The van der Waals surface area contributed by atoms with E-state index in [0.717, 1.165) is 21.3 Å². The number of nitrogens with one attached hydrogen (secondary N) is 1. The lowest BCUT2D eigenvalue weighted by atomic mass is 10.1.